The highest BCUT2D eigenvalue weighted by Gasteiger charge is 2.42. The average molecular weight is 546 g/mol. The van der Waals surface area contributed by atoms with Gasteiger partial charge in [-0.15, -0.1) is 0 Å². The van der Waals surface area contributed by atoms with E-state index in [0.29, 0.717) is 31.5 Å². The number of benzene rings is 1. The lowest BCUT2D eigenvalue weighted by molar-refractivity contribution is -0.0194. The van der Waals surface area contributed by atoms with Gasteiger partial charge in [0.2, 0.25) is 10.0 Å². The Bertz CT molecular complexity index is 1280. The van der Waals surface area contributed by atoms with Crippen molar-refractivity contribution in [2.45, 2.75) is 69.0 Å². The van der Waals surface area contributed by atoms with Crippen LogP contribution in [0.3, 0.4) is 0 Å². The molecular formula is C24H30ClF2N3O5S. The molecule has 1 aliphatic carbocycles. The van der Waals surface area contributed by atoms with Crippen molar-refractivity contribution in [2.75, 3.05) is 11.9 Å². The molecule has 1 aliphatic heterocycles. The lowest BCUT2D eigenvalue weighted by atomic mass is 9.88. The molecule has 0 radical (unpaired) electrons. The fourth-order valence-corrected chi connectivity index (χ4v) is 7.74. The number of aromatic nitrogens is 1. The maximum absolute atomic E-state index is 13.6. The highest BCUT2D eigenvalue weighted by atomic mass is 35.5. The Morgan fingerprint density at radius 3 is 2.67 bits per heavy atom. The molecule has 1 saturated carbocycles. The van der Waals surface area contributed by atoms with Crippen LogP contribution in [-0.2, 0) is 23.0 Å². The highest BCUT2D eigenvalue weighted by molar-refractivity contribution is 7.89. The number of aliphatic hydroxyl groups excluding tert-OH is 1. The van der Waals surface area contributed by atoms with Gasteiger partial charge < -0.3 is 20.1 Å². The van der Waals surface area contributed by atoms with Crippen molar-refractivity contribution in [3.63, 3.8) is 0 Å². The van der Waals surface area contributed by atoms with Gasteiger partial charge in [0.05, 0.1) is 17.2 Å². The zero-order valence-electron chi connectivity index (χ0n) is 20.0. The number of hydrogen-bond donors (Lipinski definition) is 4. The molecule has 2 heterocycles. The molecule has 4 rings (SSSR count). The summed E-state index contributed by atoms with van der Waals surface area (Å²) in [7, 11) is -4.16. The fourth-order valence-electron chi connectivity index (χ4n) is 5.38. The third kappa shape index (κ3) is 5.17. The summed E-state index contributed by atoms with van der Waals surface area (Å²) in [6.07, 6.45) is 2.68. The van der Waals surface area contributed by atoms with E-state index in [2.05, 4.69) is 10.0 Å². The summed E-state index contributed by atoms with van der Waals surface area (Å²) in [5.74, 6) is -3.13. The summed E-state index contributed by atoms with van der Waals surface area (Å²) in [4.78, 5) is 12.9. The van der Waals surface area contributed by atoms with Crippen LogP contribution in [0.4, 0.5) is 14.5 Å². The van der Waals surface area contributed by atoms with Crippen LogP contribution in [0.5, 0.6) is 0 Å². The topological polar surface area (TPSA) is 121 Å². The molecule has 198 valence electrons. The molecule has 2 aromatic rings. The van der Waals surface area contributed by atoms with Crippen LogP contribution >= 0.6 is 11.6 Å². The van der Waals surface area contributed by atoms with Crippen LogP contribution in [0.2, 0.25) is 5.02 Å². The van der Waals surface area contributed by atoms with E-state index in [0.717, 1.165) is 18.6 Å². The molecule has 0 bridgehead atoms. The lowest BCUT2D eigenvalue weighted by Crippen LogP contribution is -2.44. The zero-order chi connectivity index (χ0) is 26.4. The van der Waals surface area contributed by atoms with Crippen LogP contribution in [0.25, 0.3) is 0 Å². The first-order chi connectivity index (χ1) is 16.8. The van der Waals surface area contributed by atoms with E-state index in [4.69, 9.17) is 11.6 Å². The van der Waals surface area contributed by atoms with Crippen LogP contribution in [0.15, 0.2) is 23.1 Å². The second-order valence-corrected chi connectivity index (χ2v) is 12.1. The Balaban J connectivity index is 1.65. The van der Waals surface area contributed by atoms with Gasteiger partial charge in [0.25, 0.3) is 5.91 Å². The van der Waals surface area contributed by atoms with E-state index in [9.17, 15) is 32.2 Å². The molecular weight excluding hydrogens is 516 g/mol. The Hall–Kier alpha value is -2.05. The first-order valence-electron chi connectivity index (χ1n) is 11.9. The number of aliphatic hydroxyl groups is 2. The summed E-state index contributed by atoms with van der Waals surface area (Å²) in [6.45, 7) is 3.38. The Morgan fingerprint density at radius 1 is 1.28 bits per heavy atom. The highest BCUT2D eigenvalue weighted by Crippen LogP contribution is 2.40. The summed E-state index contributed by atoms with van der Waals surface area (Å²) in [6, 6.07) is 2.42. The second-order valence-electron chi connectivity index (χ2n) is 10.1. The van der Waals surface area contributed by atoms with E-state index in [-0.39, 0.29) is 39.6 Å². The number of nitrogens with zero attached hydrogens (tertiary/aromatic N) is 1. The number of halogens is 3. The van der Waals surface area contributed by atoms with Crippen molar-refractivity contribution in [2.24, 2.45) is 11.8 Å². The minimum Gasteiger partial charge on any atom is -0.393 e. The van der Waals surface area contributed by atoms with Gasteiger partial charge in [-0.1, -0.05) is 18.5 Å². The maximum atomic E-state index is 13.6. The van der Waals surface area contributed by atoms with Gasteiger partial charge in [-0.25, -0.2) is 21.9 Å². The van der Waals surface area contributed by atoms with E-state index in [1.54, 1.807) is 4.57 Å². The molecule has 0 saturated heterocycles. The molecule has 12 heteroatoms. The predicted octanol–water partition coefficient (Wildman–Crippen LogP) is 3.44. The summed E-state index contributed by atoms with van der Waals surface area (Å²) >= 11 is 6.53. The number of sulfonamides is 1. The molecule has 1 fully saturated rings. The summed E-state index contributed by atoms with van der Waals surface area (Å²) in [5, 5.41) is 22.0. The Morgan fingerprint density at radius 2 is 2.00 bits per heavy atom. The van der Waals surface area contributed by atoms with E-state index >= 15 is 0 Å². The number of nitrogens with one attached hydrogen (secondary N) is 2. The number of carbonyl (C=O) groups is 1. The van der Waals surface area contributed by atoms with E-state index in [1.165, 1.54) is 13.0 Å². The van der Waals surface area contributed by atoms with Crippen LogP contribution in [-0.4, -0.2) is 47.4 Å². The minimum absolute atomic E-state index is 0.00426. The predicted molar refractivity (Wildman–Crippen MR) is 130 cm³/mol. The van der Waals surface area contributed by atoms with Crippen molar-refractivity contribution in [3.05, 3.63) is 46.2 Å². The number of carbonyl (C=O) groups excluding carboxylic acids is 1. The molecule has 4 unspecified atom stereocenters. The van der Waals surface area contributed by atoms with Crippen molar-refractivity contribution >= 4 is 33.2 Å². The van der Waals surface area contributed by atoms with Crippen molar-refractivity contribution in [1.82, 2.24) is 9.29 Å². The summed E-state index contributed by atoms with van der Waals surface area (Å²) in [5.41, 5.74) is -0.982. The monoisotopic (exact) mass is 545 g/mol. The van der Waals surface area contributed by atoms with Crippen LogP contribution in [0.1, 0.15) is 55.7 Å². The Labute approximate surface area is 213 Å². The molecule has 2 aliphatic rings. The molecule has 36 heavy (non-hydrogen) atoms. The van der Waals surface area contributed by atoms with Crippen molar-refractivity contribution < 1.29 is 32.2 Å². The Kier molecular flexibility index (Phi) is 7.51. The molecule has 1 amide bonds. The molecule has 1 aromatic carbocycles. The third-order valence-electron chi connectivity index (χ3n) is 7.17. The van der Waals surface area contributed by atoms with Crippen molar-refractivity contribution in [1.29, 1.82) is 0 Å². The number of fused-ring (bicyclic) bond motifs is 1. The normalized spacial score (nSPS) is 23.5. The zero-order valence-corrected chi connectivity index (χ0v) is 21.6. The lowest BCUT2D eigenvalue weighted by Gasteiger charge is -2.30. The van der Waals surface area contributed by atoms with Gasteiger partial charge in [-0.3, -0.25) is 4.79 Å². The minimum atomic E-state index is -4.16. The van der Waals surface area contributed by atoms with Crippen LogP contribution in [0, 0.1) is 23.5 Å². The van der Waals surface area contributed by atoms with Crippen molar-refractivity contribution in [3.8, 4) is 0 Å². The number of anilines is 1. The smallest absolute Gasteiger partial charge is 0.273 e. The third-order valence-corrected chi connectivity index (χ3v) is 9.21. The standard InChI is InChI=1S/C24H30ClF2N3O5S/c1-13-5-6-14(11-24(2,33)12-31)20(13)29-36(34,35)22-18-4-3-9-30(18)21(19(22)25)23(32)28-15-7-8-16(26)17(27)10-15/h7-8,10,13-14,20,29,31,33H,3-6,9,11-12H2,1-2H3,(H,28,32). The molecule has 4 N–H and O–H groups in total. The number of amides is 1. The van der Waals surface area contributed by atoms with Crippen LogP contribution < -0.4 is 10.0 Å². The quantitative estimate of drug-likeness (QED) is 0.405. The van der Waals surface area contributed by atoms with Gasteiger partial charge in [-0.2, -0.15) is 0 Å². The molecule has 4 atom stereocenters. The average Bonchev–Trinajstić information content (AvgIpc) is 3.45. The van der Waals surface area contributed by atoms with Gasteiger partial charge in [0.1, 0.15) is 10.6 Å². The number of hydrogen-bond acceptors (Lipinski definition) is 5. The van der Waals surface area contributed by atoms with Gasteiger partial charge >= 0.3 is 0 Å². The van der Waals surface area contributed by atoms with E-state index in [1.807, 2.05) is 6.92 Å². The number of rotatable bonds is 8. The SMILES string of the molecule is CC1CCC(CC(C)(O)CO)C1NS(=O)(=O)c1c(Cl)c(C(=O)Nc2ccc(F)c(F)c2)n2c1CCC2. The van der Waals surface area contributed by atoms with Gasteiger partial charge in [0, 0.05) is 30.0 Å². The maximum Gasteiger partial charge on any atom is 0.273 e. The second kappa shape index (κ2) is 10.0. The van der Waals surface area contributed by atoms with Gasteiger partial charge in [0.15, 0.2) is 11.6 Å². The first-order valence-corrected chi connectivity index (χ1v) is 13.7. The molecule has 8 nitrogen and oxygen atoms in total. The molecule has 0 spiro atoms. The molecule has 1 aromatic heterocycles. The summed E-state index contributed by atoms with van der Waals surface area (Å²) < 4.78 is 58.4. The largest absolute Gasteiger partial charge is 0.393 e. The van der Waals surface area contributed by atoms with Gasteiger partial charge in [-0.05, 0) is 63.0 Å². The fraction of sp³-hybridized carbons (Fsp3) is 0.542. The first kappa shape index (κ1) is 27.0. The van der Waals surface area contributed by atoms with E-state index < -0.39 is 45.8 Å².